The van der Waals surface area contributed by atoms with Crippen LogP contribution in [0.25, 0.3) is 0 Å². The molecule has 2 atom stereocenters. The first-order chi connectivity index (χ1) is 6.26. The van der Waals surface area contributed by atoms with Gasteiger partial charge in [-0.25, -0.2) is 0 Å². The van der Waals surface area contributed by atoms with E-state index in [1.807, 2.05) is 0 Å². The fourth-order valence-corrected chi connectivity index (χ4v) is 5.80. The summed E-state index contributed by atoms with van der Waals surface area (Å²) in [5.74, 6) is 0.921. The van der Waals surface area contributed by atoms with Crippen LogP contribution in [0.1, 0.15) is 12.8 Å². The molecule has 1 rings (SSSR count). The summed E-state index contributed by atoms with van der Waals surface area (Å²) in [5, 5.41) is 0. The SMILES string of the molecule is COC1C(CCCS)[Si]1(OC)OC. The Morgan fingerprint density at radius 2 is 1.85 bits per heavy atom. The molecule has 0 aromatic rings. The monoisotopic (exact) mass is 222 g/mol. The topological polar surface area (TPSA) is 27.7 Å². The van der Waals surface area contributed by atoms with E-state index in [0.717, 1.165) is 18.6 Å². The summed E-state index contributed by atoms with van der Waals surface area (Å²) in [5.41, 5.74) is 0.724. The average Bonchev–Trinajstić information content (AvgIpc) is 2.82. The lowest BCUT2D eigenvalue weighted by atomic mass is 10.3. The van der Waals surface area contributed by atoms with Gasteiger partial charge in [-0.2, -0.15) is 12.6 Å². The molecule has 78 valence electrons. The van der Waals surface area contributed by atoms with Gasteiger partial charge in [-0.05, 0) is 18.6 Å². The van der Waals surface area contributed by atoms with Gasteiger partial charge in [-0.15, -0.1) is 0 Å². The summed E-state index contributed by atoms with van der Waals surface area (Å²) in [4.78, 5) is 0. The molecule has 0 bridgehead atoms. The molecule has 13 heavy (non-hydrogen) atoms. The minimum atomic E-state index is -1.95. The first-order valence-electron chi connectivity index (χ1n) is 4.50. The van der Waals surface area contributed by atoms with Crippen LogP contribution in [-0.4, -0.2) is 41.4 Å². The third-order valence-corrected chi connectivity index (χ3v) is 7.00. The number of hydrogen-bond donors (Lipinski definition) is 1. The van der Waals surface area contributed by atoms with Gasteiger partial charge in [0, 0.05) is 26.9 Å². The van der Waals surface area contributed by atoms with Crippen molar-refractivity contribution in [1.82, 2.24) is 0 Å². The van der Waals surface area contributed by atoms with Gasteiger partial charge < -0.3 is 13.6 Å². The van der Waals surface area contributed by atoms with E-state index in [4.69, 9.17) is 13.6 Å². The maximum Gasteiger partial charge on any atom is 0.373 e. The lowest BCUT2D eigenvalue weighted by Crippen LogP contribution is -2.28. The zero-order valence-corrected chi connectivity index (χ0v) is 10.3. The zero-order valence-electron chi connectivity index (χ0n) is 8.45. The largest absolute Gasteiger partial charge is 0.396 e. The number of rotatable bonds is 6. The van der Waals surface area contributed by atoms with E-state index in [1.54, 1.807) is 21.3 Å². The Labute approximate surface area is 86.4 Å². The minimum absolute atomic E-state index is 0.224. The summed E-state index contributed by atoms with van der Waals surface area (Å²) in [6.07, 6.45) is 2.21. The van der Waals surface area contributed by atoms with Gasteiger partial charge in [-0.1, -0.05) is 0 Å². The molecule has 0 N–H and O–H groups in total. The smallest absolute Gasteiger partial charge is 0.373 e. The molecule has 1 saturated heterocycles. The molecular formula is C8H18O3SSi. The van der Waals surface area contributed by atoms with E-state index in [2.05, 4.69) is 12.6 Å². The molecule has 3 nitrogen and oxygen atoms in total. The van der Waals surface area contributed by atoms with E-state index in [-0.39, 0.29) is 5.73 Å². The van der Waals surface area contributed by atoms with E-state index < -0.39 is 8.56 Å². The quantitative estimate of drug-likeness (QED) is 0.543. The van der Waals surface area contributed by atoms with Crippen molar-refractivity contribution in [3.63, 3.8) is 0 Å². The highest BCUT2D eigenvalue weighted by molar-refractivity contribution is 7.80. The summed E-state index contributed by atoms with van der Waals surface area (Å²) >= 11 is 4.19. The third-order valence-electron chi connectivity index (χ3n) is 2.73. The van der Waals surface area contributed by atoms with Crippen LogP contribution in [-0.2, 0) is 13.6 Å². The van der Waals surface area contributed by atoms with Crippen molar-refractivity contribution in [2.75, 3.05) is 27.1 Å². The van der Waals surface area contributed by atoms with Gasteiger partial charge in [0.05, 0.1) is 0 Å². The van der Waals surface area contributed by atoms with Gasteiger partial charge in [0.2, 0.25) is 0 Å². The first-order valence-corrected chi connectivity index (χ1v) is 7.11. The Balaban J connectivity index is 2.46. The lowest BCUT2D eigenvalue weighted by molar-refractivity contribution is 0.166. The maximum atomic E-state index is 5.48. The zero-order chi connectivity index (χ0) is 9.90. The Bertz CT molecular complexity index is 163. The summed E-state index contributed by atoms with van der Waals surface area (Å²) in [7, 11) is 3.22. The molecule has 5 heteroatoms. The van der Waals surface area contributed by atoms with Crippen LogP contribution in [0.4, 0.5) is 0 Å². The fourth-order valence-electron chi connectivity index (χ4n) is 1.99. The van der Waals surface area contributed by atoms with Crippen molar-refractivity contribution in [3.05, 3.63) is 0 Å². The molecule has 0 radical (unpaired) electrons. The third kappa shape index (κ3) is 1.94. The Kier molecular flexibility index (Phi) is 4.25. The number of thiol groups is 1. The fraction of sp³-hybridized carbons (Fsp3) is 1.00. The van der Waals surface area contributed by atoms with Crippen LogP contribution >= 0.6 is 12.6 Å². The minimum Gasteiger partial charge on any atom is -0.396 e. The molecule has 2 unspecified atom stereocenters. The first kappa shape index (κ1) is 11.5. The van der Waals surface area contributed by atoms with Crippen molar-refractivity contribution < 1.29 is 13.6 Å². The Hall–Kier alpha value is 0.447. The van der Waals surface area contributed by atoms with Gasteiger partial charge in [0.25, 0.3) is 0 Å². The highest BCUT2D eigenvalue weighted by atomic mass is 32.1. The van der Waals surface area contributed by atoms with E-state index in [1.165, 1.54) is 0 Å². The van der Waals surface area contributed by atoms with Crippen LogP contribution in [0.15, 0.2) is 0 Å². The molecule has 0 aromatic heterocycles. The van der Waals surface area contributed by atoms with Crippen LogP contribution in [0.2, 0.25) is 5.54 Å². The average molecular weight is 222 g/mol. The Morgan fingerprint density at radius 3 is 2.15 bits per heavy atom. The second-order valence-electron chi connectivity index (χ2n) is 3.26. The molecule has 1 aliphatic rings. The van der Waals surface area contributed by atoms with Crippen molar-refractivity contribution in [2.45, 2.75) is 24.1 Å². The number of ether oxygens (including phenoxy) is 1. The van der Waals surface area contributed by atoms with Crippen molar-refractivity contribution >= 4 is 21.2 Å². The van der Waals surface area contributed by atoms with E-state index in [0.29, 0.717) is 5.54 Å². The summed E-state index contributed by atoms with van der Waals surface area (Å²) < 4.78 is 16.3. The van der Waals surface area contributed by atoms with Crippen molar-refractivity contribution in [2.24, 2.45) is 0 Å². The molecule has 1 fully saturated rings. The maximum absolute atomic E-state index is 5.48. The highest BCUT2D eigenvalue weighted by Crippen LogP contribution is 2.53. The molecule has 0 saturated carbocycles. The lowest BCUT2D eigenvalue weighted by Gasteiger charge is -2.09. The number of methoxy groups -OCH3 is 1. The number of hydrogen-bond acceptors (Lipinski definition) is 4. The van der Waals surface area contributed by atoms with Crippen LogP contribution < -0.4 is 0 Å². The van der Waals surface area contributed by atoms with E-state index >= 15 is 0 Å². The normalized spacial score (nSPS) is 30.5. The second-order valence-corrected chi connectivity index (χ2v) is 7.28. The molecule has 1 aliphatic heterocycles. The molecule has 0 aromatic carbocycles. The highest BCUT2D eigenvalue weighted by Gasteiger charge is 2.72. The predicted molar refractivity (Wildman–Crippen MR) is 57.4 cm³/mol. The van der Waals surface area contributed by atoms with Crippen LogP contribution in [0, 0.1) is 0 Å². The summed E-state index contributed by atoms with van der Waals surface area (Å²) in [6.45, 7) is 0. The van der Waals surface area contributed by atoms with Crippen molar-refractivity contribution in [3.8, 4) is 0 Å². The Morgan fingerprint density at radius 1 is 1.23 bits per heavy atom. The molecule has 0 spiro atoms. The van der Waals surface area contributed by atoms with Crippen LogP contribution in [0.5, 0.6) is 0 Å². The molecule has 1 heterocycles. The van der Waals surface area contributed by atoms with Gasteiger partial charge >= 0.3 is 8.56 Å². The molecular weight excluding hydrogens is 204 g/mol. The standard InChI is InChI=1S/C8H18O3SSi/c1-9-8-7(5-4-6-12)13(8,10-2)11-3/h7-8,12H,4-6H2,1-3H3. The predicted octanol–water partition coefficient (Wildman–Crippen LogP) is 1.37. The van der Waals surface area contributed by atoms with E-state index in [9.17, 15) is 0 Å². The van der Waals surface area contributed by atoms with Crippen molar-refractivity contribution in [1.29, 1.82) is 0 Å². The van der Waals surface area contributed by atoms with Crippen LogP contribution in [0.3, 0.4) is 0 Å². The summed E-state index contributed by atoms with van der Waals surface area (Å²) in [6, 6.07) is 0. The van der Waals surface area contributed by atoms with Gasteiger partial charge in [-0.3, -0.25) is 0 Å². The second kappa shape index (κ2) is 4.79. The molecule has 0 amide bonds. The van der Waals surface area contributed by atoms with Gasteiger partial charge in [0.15, 0.2) is 0 Å². The molecule has 0 aliphatic carbocycles. The van der Waals surface area contributed by atoms with Gasteiger partial charge in [0.1, 0.15) is 5.73 Å².